The minimum Gasteiger partial charge on any atom is -0.361 e. The van der Waals surface area contributed by atoms with Crippen molar-refractivity contribution >= 4 is 22.4 Å². The highest BCUT2D eigenvalue weighted by Gasteiger charge is 2.20. The molecule has 3 rings (SSSR count). The number of amides is 1. The summed E-state index contributed by atoms with van der Waals surface area (Å²) in [5, 5.41) is 9.29. The van der Waals surface area contributed by atoms with Crippen LogP contribution in [0.3, 0.4) is 0 Å². The van der Waals surface area contributed by atoms with E-state index in [4.69, 9.17) is 4.52 Å². The summed E-state index contributed by atoms with van der Waals surface area (Å²) in [5.41, 5.74) is 2.10. The SMILES string of the molecule is Cc1noc(C)c1C(=O)Nc1nc(CN2CCC[C@H](C)C2)cs1. The zero-order valence-corrected chi connectivity index (χ0v) is 14.6. The van der Waals surface area contributed by atoms with Crippen molar-refractivity contribution in [3.05, 3.63) is 28.1 Å². The number of rotatable bonds is 4. The smallest absolute Gasteiger partial charge is 0.262 e. The lowest BCUT2D eigenvalue weighted by molar-refractivity contribution is 0.102. The Labute approximate surface area is 139 Å². The van der Waals surface area contributed by atoms with Gasteiger partial charge in [0.05, 0.1) is 11.4 Å². The van der Waals surface area contributed by atoms with Crippen molar-refractivity contribution in [1.82, 2.24) is 15.0 Å². The number of nitrogens with one attached hydrogen (secondary N) is 1. The summed E-state index contributed by atoms with van der Waals surface area (Å²) in [5.74, 6) is 1.06. The van der Waals surface area contributed by atoms with Crippen LogP contribution in [-0.4, -0.2) is 34.0 Å². The van der Waals surface area contributed by atoms with Crippen molar-refractivity contribution in [1.29, 1.82) is 0 Å². The van der Waals surface area contributed by atoms with E-state index in [1.165, 1.54) is 24.2 Å². The first kappa shape index (κ1) is 16.1. The molecule has 0 aromatic carbocycles. The Bertz CT molecular complexity index is 675. The molecule has 3 heterocycles. The molecule has 1 aliphatic rings. The third-order valence-electron chi connectivity index (χ3n) is 4.16. The molecule has 1 fully saturated rings. The van der Waals surface area contributed by atoms with Gasteiger partial charge < -0.3 is 4.52 Å². The molecule has 0 unspecified atom stereocenters. The summed E-state index contributed by atoms with van der Waals surface area (Å²) in [7, 11) is 0. The van der Waals surface area contributed by atoms with Crippen LogP contribution in [-0.2, 0) is 6.54 Å². The van der Waals surface area contributed by atoms with Crippen LogP contribution in [0.2, 0.25) is 0 Å². The summed E-state index contributed by atoms with van der Waals surface area (Å²) >= 11 is 1.46. The monoisotopic (exact) mass is 334 g/mol. The Kier molecular flexibility index (Phi) is 4.77. The first-order valence-corrected chi connectivity index (χ1v) is 8.82. The minimum absolute atomic E-state index is 0.214. The Morgan fingerprint density at radius 1 is 1.52 bits per heavy atom. The van der Waals surface area contributed by atoms with Crippen molar-refractivity contribution < 1.29 is 9.32 Å². The summed E-state index contributed by atoms with van der Waals surface area (Å²) in [6, 6.07) is 0. The third-order valence-corrected chi connectivity index (χ3v) is 4.97. The second kappa shape index (κ2) is 6.80. The number of hydrogen-bond donors (Lipinski definition) is 1. The first-order chi connectivity index (χ1) is 11.0. The highest BCUT2D eigenvalue weighted by Crippen LogP contribution is 2.22. The van der Waals surface area contributed by atoms with Crippen LogP contribution in [0.4, 0.5) is 5.13 Å². The highest BCUT2D eigenvalue weighted by molar-refractivity contribution is 7.13. The minimum atomic E-state index is -0.214. The Hall–Kier alpha value is -1.73. The summed E-state index contributed by atoms with van der Waals surface area (Å²) in [4.78, 5) is 19.3. The van der Waals surface area contributed by atoms with E-state index in [9.17, 15) is 4.79 Å². The van der Waals surface area contributed by atoms with Gasteiger partial charge >= 0.3 is 0 Å². The maximum atomic E-state index is 12.3. The van der Waals surface area contributed by atoms with Crippen molar-refractivity contribution in [2.75, 3.05) is 18.4 Å². The molecule has 7 heteroatoms. The maximum absolute atomic E-state index is 12.3. The standard InChI is InChI=1S/C16H22N4O2S/c1-10-5-4-6-20(7-10)8-13-9-23-16(17-13)18-15(21)14-11(2)19-22-12(14)3/h9-10H,4-8H2,1-3H3,(H,17,18,21)/t10-/m0/s1. The molecule has 6 nitrogen and oxygen atoms in total. The number of anilines is 1. The van der Waals surface area contributed by atoms with E-state index < -0.39 is 0 Å². The van der Waals surface area contributed by atoms with Gasteiger partial charge in [0.25, 0.3) is 5.91 Å². The van der Waals surface area contributed by atoms with Crippen molar-refractivity contribution in [2.24, 2.45) is 5.92 Å². The molecule has 1 atom stereocenters. The van der Waals surface area contributed by atoms with E-state index >= 15 is 0 Å². The molecule has 2 aromatic rings. The predicted molar refractivity (Wildman–Crippen MR) is 89.7 cm³/mol. The van der Waals surface area contributed by atoms with Gasteiger partial charge in [0, 0.05) is 18.5 Å². The summed E-state index contributed by atoms with van der Waals surface area (Å²) < 4.78 is 5.04. The largest absolute Gasteiger partial charge is 0.361 e. The molecule has 1 amide bonds. The molecule has 0 bridgehead atoms. The number of carbonyl (C=O) groups is 1. The van der Waals surface area contributed by atoms with Crippen molar-refractivity contribution in [3.8, 4) is 0 Å². The van der Waals surface area contributed by atoms with Crippen LogP contribution >= 0.6 is 11.3 Å². The van der Waals surface area contributed by atoms with Crippen LogP contribution in [0, 0.1) is 19.8 Å². The van der Waals surface area contributed by atoms with Gasteiger partial charge in [0.1, 0.15) is 11.3 Å². The van der Waals surface area contributed by atoms with Gasteiger partial charge in [0.15, 0.2) is 5.13 Å². The molecule has 1 aliphatic heterocycles. The number of piperidine rings is 1. The van der Waals surface area contributed by atoms with Gasteiger partial charge in [-0.15, -0.1) is 11.3 Å². The molecule has 1 N–H and O–H groups in total. The van der Waals surface area contributed by atoms with Crippen LogP contribution < -0.4 is 5.32 Å². The van der Waals surface area contributed by atoms with E-state index in [1.807, 2.05) is 5.38 Å². The van der Waals surface area contributed by atoms with Gasteiger partial charge in [-0.1, -0.05) is 12.1 Å². The van der Waals surface area contributed by atoms with Gasteiger partial charge in [-0.3, -0.25) is 15.0 Å². The van der Waals surface area contributed by atoms with Crippen LogP contribution in [0.25, 0.3) is 0 Å². The number of likely N-dealkylation sites (tertiary alicyclic amines) is 1. The first-order valence-electron chi connectivity index (χ1n) is 7.94. The lowest BCUT2D eigenvalue weighted by atomic mass is 10.0. The van der Waals surface area contributed by atoms with E-state index in [-0.39, 0.29) is 5.91 Å². The quantitative estimate of drug-likeness (QED) is 0.929. The number of hydrogen-bond acceptors (Lipinski definition) is 6. The lowest BCUT2D eigenvalue weighted by Gasteiger charge is -2.30. The van der Waals surface area contributed by atoms with Crippen LogP contribution in [0.1, 0.15) is 47.3 Å². The molecular weight excluding hydrogens is 312 g/mol. The highest BCUT2D eigenvalue weighted by atomic mass is 32.1. The fourth-order valence-corrected chi connectivity index (χ4v) is 3.76. The zero-order valence-electron chi connectivity index (χ0n) is 13.8. The maximum Gasteiger partial charge on any atom is 0.262 e. The number of carbonyl (C=O) groups excluding carboxylic acids is 1. The van der Waals surface area contributed by atoms with E-state index in [0.717, 1.165) is 31.2 Å². The van der Waals surface area contributed by atoms with E-state index in [1.54, 1.807) is 13.8 Å². The van der Waals surface area contributed by atoms with Crippen LogP contribution in [0.15, 0.2) is 9.90 Å². The number of thiazole rings is 1. The molecule has 2 aromatic heterocycles. The Morgan fingerprint density at radius 2 is 2.35 bits per heavy atom. The number of aryl methyl sites for hydroxylation is 2. The molecular formula is C16H22N4O2S. The number of nitrogens with zero attached hydrogens (tertiary/aromatic N) is 3. The van der Waals surface area contributed by atoms with Crippen LogP contribution in [0.5, 0.6) is 0 Å². The Morgan fingerprint density at radius 3 is 3.04 bits per heavy atom. The molecule has 124 valence electrons. The average molecular weight is 334 g/mol. The predicted octanol–water partition coefficient (Wildman–Crippen LogP) is 3.23. The summed E-state index contributed by atoms with van der Waals surface area (Å²) in [6.45, 7) is 8.89. The summed E-state index contributed by atoms with van der Waals surface area (Å²) in [6.07, 6.45) is 2.56. The normalized spacial score (nSPS) is 19.0. The van der Waals surface area contributed by atoms with E-state index in [0.29, 0.717) is 22.1 Å². The zero-order chi connectivity index (χ0) is 16.4. The fourth-order valence-electron chi connectivity index (χ4n) is 3.06. The Balaban J connectivity index is 1.62. The van der Waals surface area contributed by atoms with Crippen molar-refractivity contribution in [2.45, 2.75) is 40.2 Å². The topological polar surface area (TPSA) is 71.3 Å². The molecule has 0 saturated carbocycles. The second-order valence-electron chi connectivity index (χ2n) is 6.28. The second-order valence-corrected chi connectivity index (χ2v) is 7.14. The van der Waals surface area contributed by atoms with Gasteiger partial charge in [-0.2, -0.15) is 0 Å². The van der Waals surface area contributed by atoms with E-state index in [2.05, 4.69) is 27.3 Å². The molecule has 1 saturated heterocycles. The molecule has 0 aliphatic carbocycles. The van der Waals surface area contributed by atoms with Gasteiger partial charge in [0.2, 0.25) is 0 Å². The van der Waals surface area contributed by atoms with Crippen molar-refractivity contribution in [3.63, 3.8) is 0 Å². The average Bonchev–Trinajstić information content (AvgIpc) is 3.06. The van der Waals surface area contributed by atoms with Gasteiger partial charge in [-0.05, 0) is 39.2 Å². The molecule has 0 radical (unpaired) electrons. The van der Waals surface area contributed by atoms with Gasteiger partial charge in [-0.25, -0.2) is 4.98 Å². The third kappa shape index (κ3) is 3.79. The molecule has 0 spiro atoms. The molecule has 23 heavy (non-hydrogen) atoms. The number of aromatic nitrogens is 2. The fraction of sp³-hybridized carbons (Fsp3) is 0.562. The lowest BCUT2D eigenvalue weighted by Crippen LogP contribution is -2.33.